The first-order chi connectivity index (χ1) is 8.08. The van der Waals surface area contributed by atoms with Crippen molar-refractivity contribution in [2.75, 3.05) is 6.61 Å². The van der Waals surface area contributed by atoms with E-state index in [1.54, 1.807) is 6.07 Å². The van der Waals surface area contributed by atoms with Gasteiger partial charge in [-0.1, -0.05) is 23.7 Å². The van der Waals surface area contributed by atoms with Crippen molar-refractivity contribution >= 4 is 22.6 Å². The Morgan fingerprint density at radius 1 is 1.41 bits per heavy atom. The van der Waals surface area contributed by atoms with Crippen LogP contribution in [0.5, 0.6) is 0 Å². The van der Waals surface area contributed by atoms with Crippen LogP contribution in [0, 0.1) is 0 Å². The highest BCUT2D eigenvalue weighted by Gasteiger charge is 2.14. The molecule has 0 spiro atoms. The molecule has 1 aromatic carbocycles. The third kappa shape index (κ3) is 2.80. The van der Waals surface area contributed by atoms with E-state index < -0.39 is 0 Å². The number of fused-ring (bicyclic) bond motifs is 1. The lowest BCUT2D eigenvalue weighted by Gasteiger charge is -2.11. The smallest absolute Gasteiger partial charge is 0.152 e. The van der Waals surface area contributed by atoms with Gasteiger partial charge < -0.3 is 14.9 Å². The van der Waals surface area contributed by atoms with E-state index in [0.717, 1.165) is 5.39 Å². The number of furan rings is 1. The monoisotopic (exact) mass is 253 g/mol. The van der Waals surface area contributed by atoms with Gasteiger partial charge in [0.1, 0.15) is 5.76 Å². The molecule has 0 bridgehead atoms. The summed E-state index contributed by atoms with van der Waals surface area (Å²) >= 11 is 6.04. The molecule has 0 radical (unpaired) electrons. The van der Waals surface area contributed by atoms with Crippen molar-refractivity contribution in [2.45, 2.75) is 26.0 Å². The highest BCUT2D eigenvalue weighted by atomic mass is 35.5. The molecule has 0 saturated heterocycles. The average Bonchev–Trinajstić information content (AvgIpc) is 2.71. The van der Waals surface area contributed by atoms with E-state index in [4.69, 9.17) is 26.5 Å². The number of para-hydroxylation sites is 1. The summed E-state index contributed by atoms with van der Waals surface area (Å²) in [5, 5.41) is 1.57. The summed E-state index contributed by atoms with van der Waals surface area (Å²) in [7, 11) is 0. The largest absolute Gasteiger partial charge is 0.458 e. The van der Waals surface area contributed by atoms with Gasteiger partial charge in [-0.05, 0) is 26.0 Å². The maximum Gasteiger partial charge on any atom is 0.152 e. The second-order valence-electron chi connectivity index (χ2n) is 4.30. The molecule has 2 N–H and O–H groups in total. The molecule has 2 aromatic rings. The van der Waals surface area contributed by atoms with Gasteiger partial charge in [-0.3, -0.25) is 0 Å². The Kier molecular flexibility index (Phi) is 3.72. The number of hydrogen-bond acceptors (Lipinski definition) is 3. The molecule has 1 heterocycles. The van der Waals surface area contributed by atoms with Gasteiger partial charge in [-0.15, -0.1) is 0 Å². The molecule has 4 heteroatoms. The second-order valence-corrected chi connectivity index (χ2v) is 4.70. The molecular formula is C13H16ClNO2. The third-order valence-electron chi connectivity index (χ3n) is 2.49. The van der Waals surface area contributed by atoms with Crippen molar-refractivity contribution in [1.82, 2.24) is 0 Å². The molecule has 0 aliphatic heterocycles. The Morgan fingerprint density at radius 3 is 2.82 bits per heavy atom. The van der Waals surface area contributed by atoms with Gasteiger partial charge in [-0.25, -0.2) is 0 Å². The minimum absolute atomic E-state index is 0.161. The fraction of sp³-hybridized carbons (Fsp3) is 0.385. The maximum atomic E-state index is 6.04. The standard InChI is InChI=1S/C13H16ClNO2/c1-8(2)16-7-11(15)12-6-9-4-3-5-10(14)13(9)17-12/h3-6,8,11H,7,15H2,1-2H3. The van der Waals surface area contributed by atoms with Crippen LogP contribution in [0.2, 0.25) is 5.02 Å². The van der Waals surface area contributed by atoms with Crippen LogP contribution in [0.4, 0.5) is 0 Å². The Balaban J connectivity index is 2.21. The molecular weight excluding hydrogens is 238 g/mol. The summed E-state index contributed by atoms with van der Waals surface area (Å²) in [5.41, 5.74) is 6.68. The van der Waals surface area contributed by atoms with E-state index >= 15 is 0 Å². The van der Waals surface area contributed by atoms with Crippen LogP contribution < -0.4 is 5.73 Å². The van der Waals surface area contributed by atoms with E-state index in [-0.39, 0.29) is 12.1 Å². The molecule has 0 aliphatic rings. The van der Waals surface area contributed by atoms with Crippen LogP contribution in [-0.2, 0) is 4.74 Å². The predicted molar refractivity (Wildman–Crippen MR) is 69.2 cm³/mol. The number of ether oxygens (including phenoxy) is 1. The van der Waals surface area contributed by atoms with Crippen LogP contribution in [0.1, 0.15) is 25.6 Å². The molecule has 0 amide bonds. The topological polar surface area (TPSA) is 48.4 Å². The van der Waals surface area contributed by atoms with Gasteiger partial charge in [0, 0.05) is 5.39 Å². The second kappa shape index (κ2) is 5.08. The summed E-state index contributed by atoms with van der Waals surface area (Å²) in [6, 6.07) is 7.29. The first-order valence-corrected chi connectivity index (χ1v) is 6.01. The minimum atomic E-state index is -0.263. The van der Waals surface area contributed by atoms with Crippen molar-refractivity contribution in [2.24, 2.45) is 5.73 Å². The molecule has 1 atom stereocenters. The molecule has 0 fully saturated rings. The summed E-state index contributed by atoms with van der Waals surface area (Å²) < 4.78 is 11.1. The number of benzene rings is 1. The first kappa shape index (κ1) is 12.4. The highest BCUT2D eigenvalue weighted by Crippen LogP contribution is 2.28. The fourth-order valence-corrected chi connectivity index (χ4v) is 1.83. The Bertz CT molecular complexity index is 507. The number of halogens is 1. The predicted octanol–water partition coefficient (Wildman–Crippen LogP) is 3.51. The minimum Gasteiger partial charge on any atom is -0.458 e. The van der Waals surface area contributed by atoms with E-state index in [1.165, 1.54) is 0 Å². The molecule has 3 nitrogen and oxygen atoms in total. The normalized spacial score (nSPS) is 13.5. The highest BCUT2D eigenvalue weighted by molar-refractivity contribution is 6.34. The zero-order chi connectivity index (χ0) is 12.4. The molecule has 17 heavy (non-hydrogen) atoms. The fourth-order valence-electron chi connectivity index (χ4n) is 1.61. The van der Waals surface area contributed by atoms with E-state index in [0.29, 0.717) is 23.0 Å². The molecule has 1 aromatic heterocycles. The van der Waals surface area contributed by atoms with Gasteiger partial charge in [0.2, 0.25) is 0 Å². The van der Waals surface area contributed by atoms with Gasteiger partial charge in [0.05, 0.1) is 23.8 Å². The lowest BCUT2D eigenvalue weighted by molar-refractivity contribution is 0.0649. The van der Waals surface area contributed by atoms with Crippen LogP contribution in [0.25, 0.3) is 11.0 Å². The molecule has 0 saturated carbocycles. The van der Waals surface area contributed by atoms with Crippen LogP contribution in [-0.4, -0.2) is 12.7 Å². The van der Waals surface area contributed by atoms with E-state index in [2.05, 4.69) is 0 Å². The van der Waals surface area contributed by atoms with Crippen molar-refractivity contribution < 1.29 is 9.15 Å². The van der Waals surface area contributed by atoms with Gasteiger partial charge in [0.15, 0.2) is 5.58 Å². The Labute approximate surface area is 105 Å². The summed E-state index contributed by atoms with van der Waals surface area (Å²) in [6.45, 7) is 4.39. The van der Waals surface area contributed by atoms with E-state index in [9.17, 15) is 0 Å². The van der Waals surface area contributed by atoms with Crippen molar-refractivity contribution in [3.8, 4) is 0 Å². The van der Waals surface area contributed by atoms with Crippen LogP contribution in [0.15, 0.2) is 28.7 Å². The zero-order valence-corrected chi connectivity index (χ0v) is 10.7. The van der Waals surface area contributed by atoms with Gasteiger partial charge in [0.25, 0.3) is 0 Å². The summed E-state index contributed by atoms with van der Waals surface area (Å²) in [6.07, 6.45) is 0.161. The zero-order valence-electron chi connectivity index (χ0n) is 9.94. The Morgan fingerprint density at radius 2 is 2.18 bits per heavy atom. The SMILES string of the molecule is CC(C)OCC(N)c1cc2cccc(Cl)c2o1. The third-order valence-corrected chi connectivity index (χ3v) is 2.79. The average molecular weight is 254 g/mol. The quantitative estimate of drug-likeness (QED) is 0.907. The van der Waals surface area contributed by atoms with Gasteiger partial charge >= 0.3 is 0 Å². The lowest BCUT2D eigenvalue weighted by Crippen LogP contribution is -2.18. The van der Waals surface area contributed by atoms with Crippen molar-refractivity contribution in [3.63, 3.8) is 0 Å². The lowest BCUT2D eigenvalue weighted by atomic mass is 10.2. The molecule has 2 rings (SSSR count). The molecule has 0 aliphatic carbocycles. The number of nitrogens with two attached hydrogens (primary N) is 1. The number of hydrogen-bond donors (Lipinski definition) is 1. The number of rotatable bonds is 4. The molecule has 92 valence electrons. The Hall–Kier alpha value is -1.03. The maximum absolute atomic E-state index is 6.04. The van der Waals surface area contributed by atoms with Crippen molar-refractivity contribution in [1.29, 1.82) is 0 Å². The van der Waals surface area contributed by atoms with Gasteiger partial charge in [-0.2, -0.15) is 0 Å². The summed E-state index contributed by atoms with van der Waals surface area (Å²) in [5.74, 6) is 0.703. The van der Waals surface area contributed by atoms with E-state index in [1.807, 2.05) is 32.0 Å². The van der Waals surface area contributed by atoms with Crippen LogP contribution in [0.3, 0.4) is 0 Å². The molecule has 1 unspecified atom stereocenters. The van der Waals surface area contributed by atoms with Crippen LogP contribution >= 0.6 is 11.6 Å². The first-order valence-electron chi connectivity index (χ1n) is 5.63. The van der Waals surface area contributed by atoms with Crippen molar-refractivity contribution in [3.05, 3.63) is 35.0 Å². The summed E-state index contributed by atoms with van der Waals surface area (Å²) in [4.78, 5) is 0.